The number of ketones is 2. The molecule has 3 fully saturated rings. The van der Waals surface area contributed by atoms with E-state index in [1.807, 2.05) is 6.92 Å². The molecular formula is C23H31ClO6. The number of Topliss-reactive ketones (excluding diaryl/α,β-unsaturated/α-hetero) is 1. The second-order valence-corrected chi connectivity index (χ2v) is 10.5. The Balaban J connectivity index is 1.62. The number of allylic oxidation sites excluding steroid dienone is 1. The molecule has 3 saturated carbocycles. The molecule has 30 heavy (non-hydrogen) atoms. The van der Waals surface area contributed by atoms with E-state index >= 15 is 0 Å². The fraction of sp³-hybridized carbons (Fsp3) is 0.783. The number of halogens is 1. The van der Waals surface area contributed by atoms with E-state index in [2.05, 4.69) is 6.92 Å². The van der Waals surface area contributed by atoms with Crippen LogP contribution < -0.4 is 0 Å². The Morgan fingerprint density at radius 2 is 1.97 bits per heavy atom. The van der Waals surface area contributed by atoms with Crippen LogP contribution in [0.2, 0.25) is 0 Å². The summed E-state index contributed by atoms with van der Waals surface area (Å²) in [6, 6.07) is 0. The molecule has 0 aromatic rings. The average Bonchev–Trinajstić information content (AvgIpc) is 2.97. The van der Waals surface area contributed by atoms with Gasteiger partial charge in [-0.1, -0.05) is 19.4 Å². The summed E-state index contributed by atoms with van der Waals surface area (Å²) in [6.45, 7) is 3.58. The third-order valence-electron chi connectivity index (χ3n) is 8.98. The van der Waals surface area contributed by atoms with Crippen LogP contribution in [0.4, 0.5) is 0 Å². The van der Waals surface area contributed by atoms with Crippen LogP contribution in [0.5, 0.6) is 0 Å². The van der Waals surface area contributed by atoms with Gasteiger partial charge in [0.2, 0.25) is 5.78 Å². The normalized spacial score (nSPS) is 45.1. The number of hydrogen-bond acceptors (Lipinski definition) is 6. The van der Waals surface area contributed by atoms with Crippen molar-refractivity contribution < 1.29 is 29.3 Å². The van der Waals surface area contributed by atoms with Gasteiger partial charge in [0.05, 0.1) is 6.10 Å². The molecule has 0 heterocycles. The molecule has 0 aromatic heterocycles. The number of aliphatic hydroxyl groups excluding tert-OH is 1. The highest BCUT2D eigenvalue weighted by atomic mass is 35.5. The first-order valence-electron chi connectivity index (χ1n) is 11.0. The first kappa shape index (κ1) is 22.0. The second kappa shape index (κ2) is 7.42. The SMILES string of the molecule is C[C@@]12CCC(=O)C=C1CC[C@H]1[C@@H]2[C@H](O)C[C@]2(C)[C@@H]1CC[C@]2(O)C(=O)COC(=O)CCl. The van der Waals surface area contributed by atoms with Crippen molar-refractivity contribution in [3.63, 3.8) is 0 Å². The summed E-state index contributed by atoms with van der Waals surface area (Å²) in [5, 5.41) is 22.8. The zero-order valence-electron chi connectivity index (χ0n) is 17.7. The van der Waals surface area contributed by atoms with E-state index in [0.29, 0.717) is 25.7 Å². The monoisotopic (exact) mass is 438 g/mol. The first-order chi connectivity index (χ1) is 14.1. The lowest BCUT2D eigenvalue weighted by molar-refractivity contribution is -0.184. The molecule has 6 nitrogen and oxygen atoms in total. The summed E-state index contributed by atoms with van der Waals surface area (Å²) in [5.41, 5.74) is -1.46. The number of esters is 1. The lowest BCUT2D eigenvalue weighted by atomic mass is 9.45. The lowest BCUT2D eigenvalue weighted by Crippen LogP contribution is -2.62. The van der Waals surface area contributed by atoms with Gasteiger partial charge in [-0.15, -0.1) is 11.6 Å². The highest BCUT2D eigenvalue weighted by Crippen LogP contribution is 2.67. The van der Waals surface area contributed by atoms with Crippen LogP contribution in [0.3, 0.4) is 0 Å². The molecule has 0 unspecified atom stereocenters. The molecule has 0 saturated heterocycles. The van der Waals surface area contributed by atoms with Crippen LogP contribution in [0.25, 0.3) is 0 Å². The standard InChI is InChI=1S/C23H31ClO6/c1-21-7-5-14(25)9-13(21)3-4-15-16-6-8-23(29,18(27)12-30-19(28)11-24)22(16,2)10-17(26)20(15)21/h9,15-17,20,26,29H,3-8,10-12H2,1-2H3/t15-,16-,17-,20-,21-,22-,23+/m1/s1. The van der Waals surface area contributed by atoms with Gasteiger partial charge in [-0.2, -0.15) is 0 Å². The number of ether oxygens (including phenoxy) is 1. The minimum Gasteiger partial charge on any atom is -0.457 e. The number of carbonyl (C=O) groups excluding carboxylic acids is 3. The van der Waals surface area contributed by atoms with Crippen LogP contribution >= 0.6 is 11.6 Å². The quantitative estimate of drug-likeness (QED) is 0.516. The summed E-state index contributed by atoms with van der Waals surface area (Å²) < 4.78 is 4.90. The minimum absolute atomic E-state index is 0.0233. The van der Waals surface area contributed by atoms with Crippen LogP contribution in [0, 0.1) is 28.6 Å². The fourth-order valence-electron chi connectivity index (χ4n) is 7.45. The molecule has 4 rings (SSSR count). The molecule has 2 N–H and O–H groups in total. The lowest BCUT2D eigenvalue weighted by Gasteiger charge is -2.60. The molecule has 4 aliphatic rings. The summed E-state index contributed by atoms with van der Waals surface area (Å²) in [7, 11) is 0. The van der Waals surface area contributed by atoms with Crippen molar-refractivity contribution >= 4 is 29.1 Å². The Labute approximate surface area is 182 Å². The molecule has 4 aliphatic carbocycles. The van der Waals surface area contributed by atoms with Crippen molar-refractivity contribution in [2.75, 3.05) is 12.5 Å². The average molecular weight is 439 g/mol. The molecule has 0 radical (unpaired) electrons. The maximum atomic E-state index is 12.9. The zero-order chi connectivity index (χ0) is 21.9. The van der Waals surface area contributed by atoms with Gasteiger partial charge in [0.25, 0.3) is 0 Å². The molecule has 0 aliphatic heterocycles. The van der Waals surface area contributed by atoms with Crippen LogP contribution in [-0.4, -0.2) is 51.9 Å². The maximum Gasteiger partial charge on any atom is 0.321 e. The van der Waals surface area contributed by atoms with Gasteiger partial charge in [0, 0.05) is 11.8 Å². The number of alkyl halides is 1. The van der Waals surface area contributed by atoms with Crippen molar-refractivity contribution in [3.8, 4) is 0 Å². The van der Waals surface area contributed by atoms with Crippen LogP contribution in [-0.2, 0) is 19.1 Å². The molecular weight excluding hydrogens is 408 g/mol. The summed E-state index contributed by atoms with van der Waals surface area (Å²) in [4.78, 5) is 36.3. The Morgan fingerprint density at radius 1 is 1.23 bits per heavy atom. The first-order valence-corrected chi connectivity index (χ1v) is 11.5. The Kier molecular flexibility index (Phi) is 5.43. The number of hydrogen-bond donors (Lipinski definition) is 2. The van der Waals surface area contributed by atoms with Crippen molar-refractivity contribution in [2.45, 2.75) is 70.5 Å². The molecule has 7 atom stereocenters. The highest BCUT2D eigenvalue weighted by Gasteiger charge is 2.68. The third-order valence-corrected chi connectivity index (χ3v) is 9.20. The number of rotatable bonds is 4. The second-order valence-electron chi connectivity index (χ2n) is 10.2. The van der Waals surface area contributed by atoms with Crippen molar-refractivity contribution in [1.82, 2.24) is 0 Å². The van der Waals surface area contributed by atoms with E-state index in [1.165, 1.54) is 0 Å². The fourth-order valence-corrected chi connectivity index (χ4v) is 7.53. The van der Waals surface area contributed by atoms with Crippen molar-refractivity contribution in [1.29, 1.82) is 0 Å². The predicted molar refractivity (Wildman–Crippen MR) is 110 cm³/mol. The Bertz CT molecular complexity index is 808. The number of carbonyl (C=O) groups is 3. The van der Waals surface area contributed by atoms with E-state index in [0.717, 1.165) is 24.8 Å². The van der Waals surface area contributed by atoms with E-state index < -0.39 is 35.5 Å². The molecule has 0 amide bonds. The largest absolute Gasteiger partial charge is 0.457 e. The van der Waals surface area contributed by atoms with Crippen molar-refractivity contribution in [3.05, 3.63) is 11.6 Å². The summed E-state index contributed by atoms with van der Waals surface area (Å²) >= 11 is 5.43. The van der Waals surface area contributed by atoms with Crippen LogP contribution in [0.15, 0.2) is 11.6 Å². The number of fused-ring (bicyclic) bond motifs is 5. The van der Waals surface area contributed by atoms with Gasteiger partial charge in [0.15, 0.2) is 12.4 Å². The smallest absolute Gasteiger partial charge is 0.321 e. The highest BCUT2D eigenvalue weighted by molar-refractivity contribution is 6.26. The van der Waals surface area contributed by atoms with Crippen LogP contribution in [0.1, 0.15) is 58.8 Å². The maximum absolute atomic E-state index is 12.9. The van der Waals surface area contributed by atoms with Gasteiger partial charge in [-0.25, -0.2) is 0 Å². The van der Waals surface area contributed by atoms with E-state index in [9.17, 15) is 24.6 Å². The molecule has 7 heteroatoms. The predicted octanol–water partition coefficient (Wildman–Crippen LogP) is 2.57. The zero-order valence-corrected chi connectivity index (χ0v) is 18.4. The molecule has 0 aromatic carbocycles. The molecule has 0 bridgehead atoms. The van der Waals surface area contributed by atoms with E-state index in [1.54, 1.807) is 6.08 Å². The van der Waals surface area contributed by atoms with Gasteiger partial charge < -0.3 is 14.9 Å². The van der Waals surface area contributed by atoms with Gasteiger partial charge in [-0.3, -0.25) is 14.4 Å². The van der Waals surface area contributed by atoms with Gasteiger partial charge in [-0.05, 0) is 67.8 Å². The molecule has 0 spiro atoms. The minimum atomic E-state index is -1.63. The summed E-state index contributed by atoms with van der Waals surface area (Å²) in [6.07, 6.45) is 5.37. The Morgan fingerprint density at radius 3 is 2.67 bits per heavy atom. The topological polar surface area (TPSA) is 101 Å². The number of aliphatic hydroxyl groups is 2. The van der Waals surface area contributed by atoms with E-state index in [4.69, 9.17) is 16.3 Å². The molecule has 166 valence electrons. The Hall–Kier alpha value is -1.24. The summed E-state index contributed by atoms with van der Waals surface area (Å²) in [5.74, 6) is -1.07. The third kappa shape index (κ3) is 3.01. The van der Waals surface area contributed by atoms with Gasteiger partial charge in [0.1, 0.15) is 11.5 Å². The van der Waals surface area contributed by atoms with E-state index in [-0.39, 0.29) is 34.8 Å². The van der Waals surface area contributed by atoms with Gasteiger partial charge >= 0.3 is 5.97 Å². The van der Waals surface area contributed by atoms with Crippen molar-refractivity contribution in [2.24, 2.45) is 28.6 Å².